The van der Waals surface area contributed by atoms with Gasteiger partial charge in [0.15, 0.2) is 5.58 Å². The first kappa shape index (κ1) is 18.2. The number of para-hydroxylation sites is 2. The minimum Gasteiger partial charge on any atom is -0.436 e. The Morgan fingerprint density at radius 2 is 1.93 bits per heavy atom. The summed E-state index contributed by atoms with van der Waals surface area (Å²) in [5.41, 5.74) is 3.09. The van der Waals surface area contributed by atoms with Crippen molar-refractivity contribution < 1.29 is 14.0 Å². The fourth-order valence-electron chi connectivity index (χ4n) is 3.62. The van der Waals surface area contributed by atoms with Crippen LogP contribution in [0.4, 0.5) is 5.69 Å². The zero-order valence-corrected chi connectivity index (χ0v) is 15.9. The van der Waals surface area contributed by atoms with Gasteiger partial charge >= 0.3 is 0 Å². The Kier molecular flexibility index (Phi) is 5.10. The third-order valence-electron chi connectivity index (χ3n) is 5.12. The molecule has 0 radical (unpaired) electrons. The summed E-state index contributed by atoms with van der Waals surface area (Å²) in [5, 5.41) is 2.94. The largest absolute Gasteiger partial charge is 0.436 e. The van der Waals surface area contributed by atoms with Gasteiger partial charge in [-0.25, -0.2) is 4.98 Å². The van der Waals surface area contributed by atoms with Gasteiger partial charge in [0.05, 0.1) is 0 Å². The van der Waals surface area contributed by atoms with Gasteiger partial charge in [-0.05, 0) is 55.7 Å². The van der Waals surface area contributed by atoms with Crippen LogP contribution in [0, 0.1) is 0 Å². The highest BCUT2D eigenvalue weighted by Gasteiger charge is 2.31. The highest BCUT2D eigenvalue weighted by Crippen LogP contribution is 2.26. The Labute approximate surface area is 163 Å². The smallest absolute Gasteiger partial charge is 0.247 e. The lowest BCUT2D eigenvalue weighted by molar-refractivity contribution is -0.140. The van der Waals surface area contributed by atoms with Gasteiger partial charge in [-0.3, -0.25) is 9.59 Å². The molecule has 6 nitrogen and oxygen atoms in total. The maximum atomic E-state index is 12.7. The summed E-state index contributed by atoms with van der Waals surface area (Å²) in [6.45, 7) is 2.48. The lowest BCUT2D eigenvalue weighted by Crippen LogP contribution is -2.49. The molecule has 1 aliphatic rings. The molecular formula is C22H23N3O3. The molecule has 0 saturated carbocycles. The summed E-state index contributed by atoms with van der Waals surface area (Å²) in [5.74, 6) is 0.452. The molecule has 1 atom stereocenters. The van der Waals surface area contributed by atoms with E-state index in [1.807, 2.05) is 55.5 Å². The molecule has 0 bridgehead atoms. The van der Waals surface area contributed by atoms with Crippen LogP contribution in [-0.4, -0.2) is 34.3 Å². The van der Waals surface area contributed by atoms with Crippen LogP contribution in [0.1, 0.15) is 32.6 Å². The SMILES string of the molecule is CCC(=O)N1CCCCC1C(=O)Nc1ccc(-c2nc3ccccc3o2)cc1. The minimum absolute atomic E-state index is 0.0335. The predicted molar refractivity (Wildman–Crippen MR) is 108 cm³/mol. The van der Waals surface area contributed by atoms with Gasteiger partial charge in [0.25, 0.3) is 0 Å². The van der Waals surface area contributed by atoms with Crippen LogP contribution < -0.4 is 5.32 Å². The van der Waals surface area contributed by atoms with E-state index in [2.05, 4.69) is 10.3 Å². The quantitative estimate of drug-likeness (QED) is 0.738. The van der Waals surface area contributed by atoms with E-state index in [9.17, 15) is 9.59 Å². The molecule has 1 saturated heterocycles. The molecule has 2 aromatic carbocycles. The van der Waals surface area contributed by atoms with Gasteiger partial charge in [0.1, 0.15) is 11.6 Å². The molecule has 0 spiro atoms. The molecule has 1 aliphatic heterocycles. The van der Waals surface area contributed by atoms with Gasteiger partial charge in [-0.1, -0.05) is 19.1 Å². The van der Waals surface area contributed by atoms with Crippen LogP contribution in [0.3, 0.4) is 0 Å². The fraction of sp³-hybridized carbons (Fsp3) is 0.318. The molecule has 1 N–H and O–H groups in total. The van der Waals surface area contributed by atoms with Crippen molar-refractivity contribution in [3.63, 3.8) is 0 Å². The van der Waals surface area contributed by atoms with E-state index in [0.717, 1.165) is 29.5 Å². The van der Waals surface area contributed by atoms with Crippen molar-refractivity contribution in [2.75, 3.05) is 11.9 Å². The average molecular weight is 377 g/mol. The number of carbonyl (C=O) groups is 2. The molecule has 1 fully saturated rings. The van der Waals surface area contributed by atoms with E-state index >= 15 is 0 Å². The van der Waals surface area contributed by atoms with E-state index in [0.29, 0.717) is 31.0 Å². The van der Waals surface area contributed by atoms with E-state index in [1.54, 1.807) is 4.90 Å². The minimum atomic E-state index is -0.391. The number of likely N-dealkylation sites (tertiary alicyclic amines) is 1. The van der Waals surface area contributed by atoms with Crippen LogP contribution >= 0.6 is 0 Å². The Morgan fingerprint density at radius 1 is 1.14 bits per heavy atom. The number of nitrogens with zero attached hydrogens (tertiary/aromatic N) is 2. The lowest BCUT2D eigenvalue weighted by atomic mass is 10.0. The average Bonchev–Trinajstić information content (AvgIpc) is 3.18. The van der Waals surface area contributed by atoms with Gasteiger partial charge in [0, 0.05) is 24.2 Å². The molecule has 4 rings (SSSR count). The summed E-state index contributed by atoms with van der Waals surface area (Å²) in [7, 11) is 0. The van der Waals surface area contributed by atoms with Gasteiger partial charge in [0.2, 0.25) is 17.7 Å². The number of amides is 2. The summed E-state index contributed by atoms with van der Waals surface area (Å²) < 4.78 is 5.78. The highest BCUT2D eigenvalue weighted by atomic mass is 16.3. The molecule has 2 amide bonds. The summed E-state index contributed by atoms with van der Waals surface area (Å²) in [6, 6.07) is 14.6. The normalized spacial score (nSPS) is 16.9. The predicted octanol–water partition coefficient (Wildman–Crippen LogP) is 4.22. The number of nitrogens with one attached hydrogen (secondary N) is 1. The number of oxazole rings is 1. The molecule has 6 heteroatoms. The summed E-state index contributed by atoms with van der Waals surface area (Å²) in [4.78, 5) is 31.1. The van der Waals surface area contributed by atoms with E-state index in [1.165, 1.54) is 0 Å². The monoisotopic (exact) mass is 377 g/mol. The van der Waals surface area contributed by atoms with Crippen LogP contribution in [0.2, 0.25) is 0 Å². The van der Waals surface area contributed by atoms with Gasteiger partial charge in [-0.15, -0.1) is 0 Å². The van der Waals surface area contributed by atoms with Crippen LogP contribution in [0.15, 0.2) is 52.9 Å². The van der Waals surface area contributed by atoms with E-state index in [4.69, 9.17) is 4.42 Å². The fourth-order valence-corrected chi connectivity index (χ4v) is 3.62. The van der Waals surface area contributed by atoms with Crippen molar-refractivity contribution in [3.8, 4) is 11.5 Å². The number of fused-ring (bicyclic) bond motifs is 1. The van der Waals surface area contributed by atoms with Crippen molar-refractivity contribution in [1.82, 2.24) is 9.88 Å². The molecule has 144 valence electrons. The number of rotatable bonds is 4. The van der Waals surface area contributed by atoms with E-state index in [-0.39, 0.29) is 11.8 Å². The molecule has 28 heavy (non-hydrogen) atoms. The summed E-state index contributed by atoms with van der Waals surface area (Å²) >= 11 is 0. The molecule has 0 aliphatic carbocycles. The Morgan fingerprint density at radius 3 is 2.68 bits per heavy atom. The number of carbonyl (C=O) groups excluding carboxylic acids is 2. The second kappa shape index (κ2) is 7.84. The second-order valence-corrected chi connectivity index (χ2v) is 7.01. The number of aromatic nitrogens is 1. The van der Waals surface area contributed by atoms with Gasteiger partial charge in [-0.2, -0.15) is 0 Å². The first-order chi connectivity index (χ1) is 13.7. The zero-order valence-electron chi connectivity index (χ0n) is 15.9. The molecule has 1 unspecified atom stereocenters. The second-order valence-electron chi connectivity index (χ2n) is 7.01. The zero-order chi connectivity index (χ0) is 19.5. The highest BCUT2D eigenvalue weighted by molar-refractivity contribution is 5.97. The maximum absolute atomic E-state index is 12.7. The van der Waals surface area contributed by atoms with Crippen LogP contribution in [0.25, 0.3) is 22.6 Å². The standard InChI is InChI=1S/C22H23N3O3/c1-2-20(26)25-14-6-5-8-18(25)21(27)23-16-12-10-15(11-13-16)22-24-17-7-3-4-9-19(17)28-22/h3-4,7,9-13,18H,2,5-6,8,14H2,1H3,(H,23,27). The number of hydrogen-bond acceptors (Lipinski definition) is 4. The number of benzene rings is 2. The first-order valence-electron chi connectivity index (χ1n) is 9.72. The number of anilines is 1. The number of hydrogen-bond donors (Lipinski definition) is 1. The summed E-state index contributed by atoms with van der Waals surface area (Å²) in [6.07, 6.45) is 3.04. The van der Waals surface area contributed by atoms with Crippen molar-refractivity contribution in [2.45, 2.75) is 38.6 Å². The lowest BCUT2D eigenvalue weighted by Gasteiger charge is -2.34. The van der Waals surface area contributed by atoms with Gasteiger partial charge < -0.3 is 14.6 Å². The first-order valence-corrected chi connectivity index (χ1v) is 9.72. The Bertz CT molecular complexity index is 961. The molecular weight excluding hydrogens is 354 g/mol. The Hall–Kier alpha value is -3.15. The van der Waals surface area contributed by atoms with E-state index < -0.39 is 6.04 Å². The van der Waals surface area contributed by atoms with Crippen LogP contribution in [0.5, 0.6) is 0 Å². The van der Waals surface area contributed by atoms with Crippen molar-refractivity contribution in [1.29, 1.82) is 0 Å². The molecule has 1 aromatic heterocycles. The maximum Gasteiger partial charge on any atom is 0.247 e. The van der Waals surface area contributed by atoms with Crippen molar-refractivity contribution in [2.24, 2.45) is 0 Å². The Balaban J connectivity index is 1.48. The van der Waals surface area contributed by atoms with Crippen LogP contribution in [-0.2, 0) is 9.59 Å². The third kappa shape index (κ3) is 3.63. The molecule has 3 aromatic rings. The third-order valence-corrected chi connectivity index (χ3v) is 5.12. The topological polar surface area (TPSA) is 75.4 Å². The van der Waals surface area contributed by atoms with Crippen molar-refractivity contribution >= 4 is 28.6 Å². The van der Waals surface area contributed by atoms with Crippen molar-refractivity contribution in [3.05, 3.63) is 48.5 Å². The number of piperidine rings is 1. The molecule has 2 heterocycles.